The molecule has 1 atom stereocenters. The van der Waals surface area contributed by atoms with E-state index in [0.29, 0.717) is 11.6 Å². The number of hydrogen-bond donors (Lipinski definition) is 0. The first kappa shape index (κ1) is 11.2. The molecule has 88 valence electrons. The van der Waals surface area contributed by atoms with Gasteiger partial charge in [0.1, 0.15) is 5.69 Å². The third-order valence-electron chi connectivity index (χ3n) is 3.13. The molecule has 0 aliphatic carbocycles. The first-order valence-electron chi connectivity index (χ1n) is 6.03. The highest BCUT2D eigenvalue weighted by atomic mass is 16.2. The van der Waals surface area contributed by atoms with Crippen molar-refractivity contribution in [2.45, 2.75) is 33.2 Å². The molecule has 0 saturated carbocycles. The molecule has 0 radical (unpaired) electrons. The molecular weight excluding hydrogens is 202 g/mol. The van der Waals surface area contributed by atoms with Crippen LogP contribution in [0.5, 0.6) is 0 Å². The largest absolute Gasteiger partial charge is 0.337 e. The molecule has 4 heteroatoms. The summed E-state index contributed by atoms with van der Waals surface area (Å²) in [6.45, 7) is 6.78. The number of likely N-dealkylation sites (tertiary alicyclic amines) is 1. The monoisotopic (exact) mass is 221 g/mol. The summed E-state index contributed by atoms with van der Waals surface area (Å²) in [6, 6.07) is 1.81. The van der Waals surface area contributed by atoms with Crippen molar-refractivity contribution in [1.82, 2.24) is 14.7 Å². The number of hydrogen-bond acceptors (Lipinski definition) is 2. The van der Waals surface area contributed by atoms with Crippen LogP contribution in [-0.2, 0) is 6.54 Å². The van der Waals surface area contributed by atoms with Crippen molar-refractivity contribution in [3.63, 3.8) is 0 Å². The second-order valence-electron chi connectivity index (χ2n) is 4.56. The average molecular weight is 221 g/mol. The van der Waals surface area contributed by atoms with Crippen molar-refractivity contribution >= 4 is 5.91 Å². The summed E-state index contributed by atoms with van der Waals surface area (Å²) < 4.78 is 1.79. The van der Waals surface area contributed by atoms with E-state index in [0.717, 1.165) is 26.1 Å². The fourth-order valence-electron chi connectivity index (χ4n) is 2.19. The van der Waals surface area contributed by atoms with Crippen molar-refractivity contribution in [1.29, 1.82) is 0 Å². The van der Waals surface area contributed by atoms with Gasteiger partial charge in [0.05, 0.1) is 0 Å². The Kier molecular flexibility index (Phi) is 3.27. The summed E-state index contributed by atoms with van der Waals surface area (Å²) in [6.07, 6.45) is 4.20. The maximum atomic E-state index is 12.1. The lowest BCUT2D eigenvalue weighted by molar-refractivity contribution is 0.0676. The van der Waals surface area contributed by atoms with E-state index in [9.17, 15) is 4.79 Å². The minimum Gasteiger partial charge on any atom is -0.337 e. The smallest absolute Gasteiger partial charge is 0.274 e. The van der Waals surface area contributed by atoms with Crippen LogP contribution >= 0.6 is 0 Å². The molecular formula is C12H19N3O. The van der Waals surface area contributed by atoms with E-state index in [2.05, 4.69) is 12.0 Å². The first-order valence-corrected chi connectivity index (χ1v) is 6.03. The summed E-state index contributed by atoms with van der Waals surface area (Å²) in [5.41, 5.74) is 0.580. The van der Waals surface area contributed by atoms with Gasteiger partial charge in [-0.1, -0.05) is 6.92 Å². The fourth-order valence-corrected chi connectivity index (χ4v) is 2.19. The van der Waals surface area contributed by atoms with Crippen LogP contribution < -0.4 is 0 Å². The second-order valence-corrected chi connectivity index (χ2v) is 4.56. The van der Waals surface area contributed by atoms with Gasteiger partial charge in [0, 0.05) is 25.8 Å². The summed E-state index contributed by atoms with van der Waals surface area (Å²) in [7, 11) is 0. The molecule has 1 aromatic heterocycles. The third kappa shape index (κ3) is 2.26. The minimum absolute atomic E-state index is 0.0822. The Morgan fingerprint density at radius 1 is 1.62 bits per heavy atom. The SMILES string of the molecule is CCn1ccc(C(=O)N2CCC[C@H](C)C2)n1. The number of rotatable bonds is 2. The molecule has 0 bridgehead atoms. The van der Waals surface area contributed by atoms with Crippen LogP contribution in [0.3, 0.4) is 0 Å². The number of aryl methyl sites for hydroxylation is 1. The Balaban J connectivity index is 2.06. The van der Waals surface area contributed by atoms with Gasteiger partial charge >= 0.3 is 0 Å². The zero-order valence-electron chi connectivity index (χ0n) is 10.0. The molecule has 1 saturated heterocycles. The van der Waals surface area contributed by atoms with Crippen molar-refractivity contribution in [2.75, 3.05) is 13.1 Å². The molecule has 1 aromatic rings. The first-order chi connectivity index (χ1) is 7.70. The topological polar surface area (TPSA) is 38.1 Å². The average Bonchev–Trinajstić information content (AvgIpc) is 2.76. The molecule has 1 fully saturated rings. The maximum absolute atomic E-state index is 12.1. The zero-order valence-corrected chi connectivity index (χ0v) is 10.0. The molecule has 1 aliphatic heterocycles. The Morgan fingerprint density at radius 2 is 2.44 bits per heavy atom. The van der Waals surface area contributed by atoms with E-state index in [-0.39, 0.29) is 5.91 Å². The highest BCUT2D eigenvalue weighted by molar-refractivity contribution is 5.92. The summed E-state index contributed by atoms with van der Waals surface area (Å²) in [5, 5.41) is 4.25. The van der Waals surface area contributed by atoms with Crippen LogP contribution in [-0.4, -0.2) is 33.7 Å². The van der Waals surface area contributed by atoms with E-state index in [1.165, 1.54) is 6.42 Å². The number of nitrogens with zero attached hydrogens (tertiary/aromatic N) is 3. The lowest BCUT2D eigenvalue weighted by Crippen LogP contribution is -2.39. The van der Waals surface area contributed by atoms with Gasteiger partial charge in [0.2, 0.25) is 0 Å². The number of amides is 1. The number of carbonyl (C=O) groups excluding carboxylic acids is 1. The van der Waals surface area contributed by atoms with Gasteiger partial charge in [-0.15, -0.1) is 0 Å². The predicted molar refractivity (Wildman–Crippen MR) is 62.2 cm³/mol. The fraction of sp³-hybridized carbons (Fsp3) is 0.667. The van der Waals surface area contributed by atoms with Crippen LogP contribution in [0.4, 0.5) is 0 Å². The summed E-state index contributed by atoms with van der Waals surface area (Å²) in [4.78, 5) is 14.1. The van der Waals surface area contributed by atoms with Crippen LogP contribution in [0.1, 0.15) is 37.2 Å². The van der Waals surface area contributed by atoms with Gasteiger partial charge in [0.25, 0.3) is 5.91 Å². The van der Waals surface area contributed by atoms with Gasteiger partial charge in [-0.05, 0) is 31.7 Å². The Morgan fingerprint density at radius 3 is 3.06 bits per heavy atom. The van der Waals surface area contributed by atoms with E-state index in [1.807, 2.05) is 24.1 Å². The van der Waals surface area contributed by atoms with Crippen LogP contribution in [0.25, 0.3) is 0 Å². The number of carbonyl (C=O) groups is 1. The van der Waals surface area contributed by atoms with Gasteiger partial charge in [-0.25, -0.2) is 0 Å². The van der Waals surface area contributed by atoms with Gasteiger partial charge in [-0.3, -0.25) is 9.48 Å². The highest BCUT2D eigenvalue weighted by Gasteiger charge is 2.23. The standard InChI is InChI=1S/C12H19N3O/c1-3-15-8-6-11(13-15)12(16)14-7-4-5-10(2)9-14/h6,8,10H,3-5,7,9H2,1-2H3/t10-/m0/s1. The van der Waals surface area contributed by atoms with Crippen molar-refractivity contribution in [3.8, 4) is 0 Å². The maximum Gasteiger partial charge on any atom is 0.274 e. The zero-order chi connectivity index (χ0) is 11.5. The molecule has 1 aliphatic rings. The lowest BCUT2D eigenvalue weighted by Gasteiger charge is -2.30. The van der Waals surface area contributed by atoms with Crippen LogP contribution in [0.2, 0.25) is 0 Å². The van der Waals surface area contributed by atoms with Crippen molar-refractivity contribution in [3.05, 3.63) is 18.0 Å². The summed E-state index contributed by atoms with van der Waals surface area (Å²) in [5.74, 6) is 0.699. The highest BCUT2D eigenvalue weighted by Crippen LogP contribution is 2.17. The third-order valence-corrected chi connectivity index (χ3v) is 3.13. The van der Waals surface area contributed by atoms with Crippen molar-refractivity contribution < 1.29 is 4.79 Å². The lowest BCUT2D eigenvalue weighted by atomic mass is 10.0. The molecule has 2 heterocycles. The van der Waals surface area contributed by atoms with E-state index in [1.54, 1.807) is 4.68 Å². The molecule has 0 N–H and O–H groups in total. The van der Waals surface area contributed by atoms with Crippen LogP contribution in [0.15, 0.2) is 12.3 Å². The number of aromatic nitrogens is 2. The Hall–Kier alpha value is -1.32. The predicted octanol–water partition coefficient (Wildman–Crippen LogP) is 1.78. The molecule has 0 unspecified atom stereocenters. The molecule has 16 heavy (non-hydrogen) atoms. The Bertz CT molecular complexity index is 372. The molecule has 1 amide bonds. The normalized spacial score (nSPS) is 21.1. The van der Waals surface area contributed by atoms with Gasteiger partial charge in [0.15, 0.2) is 0 Å². The quantitative estimate of drug-likeness (QED) is 0.763. The second kappa shape index (κ2) is 4.68. The van der Waals surface area contributed by atoms with Gasteiger partial charge < -0.3 is 4.90 Å². The molecule has 0 aromatic carbocycles. The van der Waals surface area contributed by atoms with E-state index < -0.39 is 0 Å². The minimum atomic E-state index is 0.0822. The molecule has 2 rings (SSSR count). The van der Waals surface area contributed by atoms with Gasteiger partial charge in [-0.2, -0.15) is 5.10 Å². The number of piperidine rings is 1. The van der Waals surface area contributed by atoms with E-state index in [4.69, 9.17) is 0 Å². The van der Waals surface area contributed by atoms with Crippen LogP contribution in [0, 0.1) is 5.92 Å². The van der Waals surface area contributed by atoms with E-state index >= 15 is 0 Å². The summed E-state index contributed by atoms with van der Waals surface area (Å²) >= 11 is 0. The molecule has 4 nitrogen and oxygen atoms in total. The molecule has 0 spiro atoms. The van der Waals surface area contributed by atoms with Crippen molar-refractivity contribution in [2.24, 2.45) is 5.92 Å². The Labute approximate surface area is 96.2 Å².